The van der Waals surface area contributed by atoms with Crippen LogP contribution in [0.25, 0.3) is 15.7 Å². The van der Waals surface area contributed by atoms with Gasteiger partial charge in [0.05, 0.1) is 0 Å². The van der Waals surface area contributed by atoms with Crippen molar-refractivity contribution in [3.63, 3.8) is 0 Å². The lowest BCUT2D eigenvalue weighted by Gasteiger charge is -2.26. The van der Waals surface area contributed by atoms with Crippen LogP contribution >= 0.6 is 11.3 Å². The fraction of sp³-hybridized carbons (Fsp3) is 0.414. The van der Waals surface area contributed by atoms with Gasteiger partial charge in [-0.05, 0) is 74.8 Å². The number of fused-ring (bicyclic) bond motifs is 1. The van der Waals surface area contributed by atoms with Crippen LogP contribution in [0.5, 0.6) is 0 Å². The Bertz CT molecular complexity index is 1070. The van der Waals surface area contributed by atoms with Gasteiger partial charge in [-0.2, -0.15) is 0 Å². The lowest BCUT2D eigenvalue weighted by molar-refractivity contribution is -0.113. The van der Waals surface area contributed by atoms with Crippen LogP contribution in [-0.4, -0.2) is 16.7 Å². The van der Waals surface area contributed by atoms with Crippen molar-refractivity contribution < 1.29 is 4.79 Å². The molecule has 0 spiro atoms. The van der Waals surface area contributed by atoms with Gasteiger partial charge in [0.1, 0.15) is 0 Å². The maximum atomic E-state index is 11.6. The maximum Gasteiger partial charge on any atom is 0.159 e. The number of nitrogens with zero attached hydrogens (tertiary/aromatic N) is 1. The molecule has 1 unspecified atom stereocenters. The van der Waals surface area contributed by atoms with Gasteiger partial charge < -0.3 is 10.6 Å². The van der Waals surface area contributed by atoms with Crippen LogP contribution in [0.2, 0.25) is 0 Å². The molecule has 0 amide bonds. The van der Waals surface area contributed by atoms with Crippen molar-refractivity contribution in [2.24, 2.45) is 5.73 Å². The van der Waals surface area contributed by atoms with E-state index in [0.29, 0.717) is 11.6 Å². The predicted molar refractivity (Wildman–Crippen MR) is 146 cm³/mol. The highest BCUT2D eigenvalue weighted by Gasteiger charge is 2.18. The molecule has 1 atom stereocenters. The molecule has 0 bridgehead atoms. The third kappa shape index (κ3) is 6.78. The lowest BCUT2D eigenvalue weighted by Crippen LogP contribution is -2.17. The number of carbonyl (C=O) groups excluding carboxylic acids is 1. The smallest absolute Gasteiger partial charge is 0.159 e. The third-order valence-corrected chi connectivity index (χ3v) is 7.52. The topological polar surface area (TPSA) is 46.3 Å². The van der Waals surface area contributed by atoms with E-state index in [-0.39, 0.29) is 5.78 Å². The minimum atomic E-state index is 0.0631. The van der Waals surface area contributed by atoms with E-state index in [4.69, 9.17) is 5.73 Å². The van der Waals surface area contributed by atoms with Gasteiger partial charge >= 0.3 is 0 Å². The van der Waals surface area contributed by atoms with Crippen LogP contribution in [0.1, 0.15) is 77.7 Å². The summed E-state index contributed by atoms with van der Waals surface area (Å²) in [5, 5.41) is 1.35. The summed E-state index contributed by atoms with van der Waals surface area (Å²) in [7, 11) is 0. The standard InChI is InChI=1S/C22H23NOS.C7H17N/c1-6-19-20-9-7-8-10-21(20)25-22(19)15(3)16(4)23-12-11-18(17(5)24)13-14(23)2;1-3-5-6-7(8)4-2/h7-13H,2,6H2,1,3-5H3;7H,3-6,8H2,1-2H3/b16-15+;. The second-order valence-electron chi connectivity index (χ2n) is 8.61. The highest BCUT2D eigenvalue weighted by atomic mass is 32.1. The molecule has 0 saturated carbocycles. The first kappa shape index (κ1) is 26.8. The first-order valence-electron chi connectivity index (χ1n) is 12.1. The average molecular weight is 465 g/mol. The molecule has 0 saturated heterocycles. The van der Waals surface area contributed by atoms with Gasteiger partial charge in [0.15, 0.2) is 5.78 Å². The summed E-state index contributed by atoms with van der Waals surface area (Å²) in [4.78, 5) is 15.0. The number of ketones is 1. The van der Waals surface area contributed by atoms with Gasteiger partial charge in [0.2, 0.25) is 0 Å². The zero-order chi connectivity index (χ0) is 24.5. The minimum absolute atomic E-state index is 0.0631. The van der Waals surface area contributed by atoms with Crippen molar-refractivity contribution in [3.05, 3.63) is 76.6 Å². The van der Waals surface area contributed by atoms with Crippen molar-refractivity contribution in [1.29, 1.82) is 0 Å². The molecule has 0 fully saturated rings. The monoisotopic (exact) mass is 464 g/mol. The van der Waals surface area contributed by atoms with Crippen LogP contribution in [-0.2, 0) is 11.2 Å². The molecule has 1 aliphatic heterocycles. The fourth-order valence-electron chi connectivity index (χ4n) is 3.86. The summed E-state index contributed by atoms with van der Waals surface area (Å²) < 4.78 is 1.33. The molecule has 0 radical (unpaired) electrons. The molecule has 3 rings (SSSR count). The highest BCUT2D eigenvalue weighted by molar-refractivity contribution is 7.20. The van der Waals surface area contributed by atoms with E-state index in [9.17, 15) is 4.79 Å². The van der Waals surface area contributed by atoms with Crippen molar-refractivity contribution >= 4 is 32.8 Å². The van der Waals surface area contributed by atoms with E-state index >= 15 is 0 Å². The van der Waals surface area contributed by atoms with Crippen molar-refractivity contribution in [3.8, 4) is 0 Å². The SMILES string of the molecule is C=C1C=C(C(C)=O)C=CN1/C(C)=C(\C)c1sc2ccccc2c1CC.CCCCC(N)CC. The van der Waals surface area contributed by atoms with E-state index in [1.807, 2.05) is 29.7 Å². The van der Waals surface area contributed by atoms with Crippen LogP contribution in [0.3, 0.4) is 0 Å². The number of Topliss-reactive ketones (excluding diaryl/α,β-unsaturated/α-hetero) is 1. The van der Waals surface area contributed by atoms with Gasteiger partial charge in [-0.1, -0.05) is 58.4 Å². The number of unbranched alkanes of at least 4 members (excludes halogenated alkanes) is 1. The molecule has 0 aliphatic carbocycles. The van der Waals surface area contributed by atoms with Crippen LogP contribution < -0.4 is 5.73 Å². The molecule has 2 aromatic rings. The van der Waals surface area contributed by atoms with Crippen LogP contribution in [0.4, 0.5) is 0 Å². The average Bonchev–Trinajstić information content (AvgIpc) is 3.20. The Morgan fingerprint density at radius 2 is 1.85 bits per heavy atom. The zero-order valence-electron chi connectivity index (χ0n) is 21.2. The van der Waals surface area contributed by atoms with Gasteiger partial charge in [0.25, 0.3) is 0 Å². The number of aryl methyl sites for hydroxylation is 1. The Hall–Kier alpha value is -2.43. The van der Waals surface area contributed by atoms with Gasteiger partial charge in [-0.25, -0.2) is 0 Å². The largest absolute Gasteiger partial charge is 0.328 e. The summed E-state index contributed by atoms with van der Waals surface area (Å²) in [6.45, 7) is 16.5. The number of allylic oxidation sites excluding steroid dienone is 5. The fourth-order valence-corrected chi connectivity index (χ4v) is 5.21. The number of rotatable bonds is 8. The molecule has 1 aliphatic rings. The van der Waals surface area contributed by atoms with E-state index in [0.717, 1.165) is 24.2 Å². The Morgan fingerprint density at radius 3 is 2.42 bits per heavy atom. The maximum absolute atomic E-state index is 11.6. The third-order valence-electron chi connectivity index (χ3n) is 6.19. The van der Waals surface area contributed by atoms with Crippen LogP contribution in [0.15, 0.2) is 66.2 Å². The predicted octanol–water partition coefficient (Wildman–Crippen LogP) is 7.99. The second kappa shape index (κ2) is 12.7. The molecule has 4 heteroatoms. The Morgan fingerprint density at radius 1 is 1.15 bits per heavy atom. The molecule has 2 heterocycles. The summed E-state index contributed by atoms with van der Waals surface area (Å²) in [6.07, 6.45) is 11.5. The van der Waals surface area contributed by atoms with Crippen molar-refractivity contribution in [1.82, 2.24) is 4.90 Å². The summed E-state index contributed by atoms with van der Waals surface area (Å²) in [5.74, 6) is 0.0631. The molecule has 33 heavy (non-hydrogen) atoms. The summed E-state index contributed by atoms with van der Waals surface area (Å²) >= 11 is 1.85. The molecule has 1 aromatic heterocycles. The number of benzene rings is 1. The minimum Gasteiger partial charge on any atom is -0.328 e. The molecule has 1 aromatic carbocycles. The Labute approximate surface area is 204 Å². The number of nitrogens with two attached hydrogens (primary N) is 1. The first-order valence-corrected chi connectivity index (χ1v) is 12.9. The van der Waals surface area contributed by atoms with E-state index in [1.54, 1.807) is 6.92 Å². The Kier molecular flexibility index (Phi) is 10.3. The van der Waals surface area contributed by atoms with Crippen molar-refractivity contribution in [2.75, 3.05) is 0 Å². The zero-order valence-corrected chi connectivity index (χ0v) is 22.0. The van der Waals surface area contributed by atoms with Crippen molar-refractivity contribution in [2.45, 2.75) is 79.7 Å². The molecular formula is C29H40N2OS. The molecular weight excluding hydrogens is 424 g/mol. The van der Waals surface area contributed by atoms with E-state index in [1.165, 1.54) is 45.4 Å². The number of carbonyl (C=O) groups is 1. The normalized spacial score (nSPS) is 15.1. The van der Waals surface area contributed by atoms with Gasteiger partial charge in [0, 0.05) is 38.8 Å². The summed E-state index contributed by atoms with van der Waals surface area (Å²) in [5.41, 5.74) is 11.0. The quantitative estimate of drug-likeness (QED) is 0.430. The first-order chi connectivity index (χ1) is 15.7. The van der Waals surface area contributed by atoms with Crippen LogP contribution in [0, 0.1) is 0 Å². The van der Waals surface area contributed by atoms with Gasteiger partial charge in [-0.15, -0.1) is 11.3 Å². The molecule has 178 valence electrons. The second-order valence-corrected chi connectivity index (χ2v) is 9.67. The lowest BCUT2D eigenvalue weighted by atomic mass is 10.0. The van der Waals surface area contributed by atoms with E-state index < -0.39 is 0 Å². The summed E-state index contributed by atoms with van der Waals surface area (Å²) in [6, 6.07) is 9.05. The number of thiophene rings is 1. The number of hydrogen-bond acceptors (Lipinski definition) is 4. The van der Waals surface area contributed by atoms with E-state index in [2.05, 4.69) is 70.4 Å². The highest BCUT2D eigenvalue weighted by Crippen LogP contribution is 2.38. The van der Waals surface area contributed by atoms with Gasteiger partial charge in [-0.3, -0.25) is 4.79 Å². The molecule has 3 nitrogen and oxygen atoms in total. The Balaban J connectivity index is 0.000000414. The number of hydrogen-bond donors (Lipinski definition) is 1. The molecule has 2 N–H and O–H groups in total.